The van der Waals surface area contributed by atoms with E-state index in [-0.39, 0.29) is 17.5 Å². The van der Waals surface area contributed by atoms with Crippen LogP contribution in [0.2, 0.25) is 0 Å². The molecule has 0 aliphatic carbocycles. The Hall–Kier alpha value is -2.02. The SMILES string of the molecule is CCCn1c(=NC(=O)C(C)C)sc2cc([N+](=O)[O-])ccc21. The van der Waals surface area contributed by atoms with E-state index in [1.165, 1.54) is 23.5 Å². The molecule has 0 radical (unpaired) electrons. The summed E-state index contributed by atoms with van der Waals surface area (Å²) in [6.07, 6.45) is 0.895. The highest BCUT2D eigenvalue weighted by molar-refractivity contribution is 7.16. The van der Waals surface area contributed by atoms with Gasteiger partial charge in [0.25, 0.3) is 11.6 Å². The number of benzene rings is 1. The Morgan fingerprint density at radius 3 is 2.76 bits per heavy atom. The predicted molar refractivity (Wildman–Crippen MR) is 82.2 cm³/mol. The van der Waals surface area contributed by atoms with Crippen LogP contribution in [0.25, 0.3) is 10.2 Å². The maximum Gasteiger partial charge on any atom is 0.270 e. The molecule has 0 N–H and O–H groups in total. The van der Waals surface area contributed by atoms with Gasteiger partial charge in [-0.05, 0) is 12.5 Å². The fourth-order valence-corrected chi connectivity index (χ4v) is 3.02. The molecular weight excluding hydrogens is 290 g/mol. The minimum absolute atomic E-state index is 0.0501. The van der Waals surface area contributed by atoms with Crippen LogP contribution in [0.3, 0.4) is 0 Å². The summed E-state index contributed by atoms with van der Waals surface area (Å²) in [5.74, 6) is -0.347. The van der Waals surface area contributed by atoms with Crippen molar-refractivity contribution >= 4 is 33.1 Å². The highest BCUT2D eigenvalue weighted by atomic mass is 32.1. The van der Waals surface area contributed by atoms with Crippen molar-refractivity contribution in [1.29, 1.82) is 0 Å². The van der Waals surface area contributed by atoms with Gasteiger partial charge in [-0.15, -0.1) is 0 Å². The summed E-state index contributed by atoms with van der Waals surface area (Å²) in [6.45, 7) is 6.36. The maximum absolute atomic E-state index is 11.8. The Labute approximate surface area is 125 Å². The number of carbonyl (C=O) groups excluding carboxylic acids is 1. The van der Waals surface area contributed by atoms with Crippen LogP contribution in [0.15, 0.2) is 23.2 Å². The Morgan fingerprint density at radius 2 is 2.19 bits per heavy atom. The smallest absolute Gasteiger partial charge is 0.270 e. The molecule has 21 heavy (non-hydrogen) atoms. The molecule has 7 heteroatoms. The van der Waals surface area contributed by atoms with Gasteiger partial charge in [-0.25, -0.2) is 0 Å². The Morgan fingerprint density at radius 1 is 1.48 bits per heavy atom. The minimum atomic E-state index is -0.417. The third-order valence-corrected chi connectivity index (χ3v) is 4.07. The van der Waals surface area contributed by atoms with E-state index in [1.807, 2.05) is 11.5 Å². The number of rotatable bonds is 4. The summed E-state index contributed by atoms with van der Waals surface area (Å²) < 4.78 is 2.72. The van der Waals surface area contributed by atoms with Crippen molar-refractivity contribution in [3.63, 3.8) is 0 Å². The van der Waals surface area contributed by atoms with Gasteiger partial charge in [-0.2, -0.15) is 4.99 Å². The molecule has 1 amide bonds. The number of nitro benzene ring substituents is 1. The normalized spacial score (nSPS) is 12.3. The van der Waals surface area contributed by atoms with Gasteiger partial charge in [0.15, 0.2) is 4.80 Å². The van der Waals surface area contributed by atoms with Crippen LogP contribution in [0, 0.1) is 16.0 Å². The molecular formula is C14H17N3O3S. The summed E-state index contributed by atoms with van der Waals surface area (Å²) in [5, 5.41) is 10.9. The van der Waals surface area contributed by atoms with E-state index in [1.54, 1.807) is 19.9 Å². The largest absolute Gasteiger partial charge is 0.316 e. The first kappa shape index (κ1) is 15.4. The predicted octanol–water partition coefficient (Wildman–Crippen LogP) is 3.10. The minimum Gasteiger partial charge on any atom is -0.316 e. The van der Waals surface area contributed by atoms with Crippen LogP contribution in [0.1, 0.15) is 27.2 Å². The number of thiazole rings is 1. The average molecular weight is 307 g/mol. The zero-order chi connectivity index (χ0) is 15.6. The van der Waals surface area contributed by atoms with Crippen LogP contribution in [0.5, 0.6) is 0 Å². The number of amides is 1. The molecule has 6 nitrogen and oxygen atoms in total. The third kappa shape index (κ3) is 3.18. The molecule has 0 fully saturated rings. The first-order chi connectivity index (χ1) is 9.93. The molecule has 2 aromatic rings. The molecule has 1 heterocycles. The number of fused-ring (bicyclic) bond motifs is 1. The molecule has 0 spiro atoms. The van der Waals surface area contributed by atoms with Gasteiger partial charge >= 0.3 is 0 Å². The van der Waals surface area contributed by atoms with Crippen molar-refractivity contribution in [2.45, 2.75) is 33.7 Å². The molecule has 2 rings (SSSR count). The van der Waals surface area contributed by atoms with Gasteiger partial charge in [0.2, 0.25) is 0 Å². The number of aromatic nitrogens is 1. The summed E-state index contributed by atoms with van der Waals surface area (Å²) in [5.41, 5.74) is 0.928. The molecule has 0 aliphatic heterocycles. The van der Waals surface area contributed by atoms with Crippen molar-refractivity contribution in [2.24, 2.45) is 10.9 Å². The quantitative estimate of drug-likeness (QED) is 0.643. The highest BCUT2D eigenvalue weighted by Crippen LogP contribution is 2.23. The number of carbonyl (C=O) groups is 1. The van der Waals surface area contributed by atoms with Crippen LogP contribution < -0.4 is 4.80 Å². The summed E-state index contributed by atoms with van der Waals surface area (Å²) >= 11 is 1.31. The number of aryl methyl sites for hydroxylation is 1. The van der Waals surface area contributed by atoms with Gasteiger partial charge < -0.3 is 4.57 Å². The molecule has 0 saturated carbocycles. The van der Waals surface area contributed by atoms with Gasteiger partial charge in [-0.3, -0.25) is 14.9 Å². The lowest BCUT2D eigenvalue weighted by atomic mass is 10.2. The van der Waals surface area contributed by atoms with Crippen molar-refractivity contribution in [2.75, 3.05) is 0 Å². The van der Waals surface area contributed by atoms with Crippen LogP contribution >= 0.6 is 11.3 Å². The number of hydrogen-bond acceptors (Lipinski definition) is 4. The van der Waals surface area contributed by atoms with E-state index in [4.69, 9.17) is 0 Å². The zero-order valence-corrected chi connectivity index (χ0v) is 13.0. The van der Waals surface area contributed by atoms with Crippen LogP contribution in [0.4, 0.5) is 5.69 Å². The lowest BCUT2D eigenvalue weighted by Crippen LogP contribution is -2.18. The van der Waals surface area contributed by atoms with Crippen molar-refractivity contribution in [3.05, 3.63) is 33.1 Å². The number of nitrogens with zero attached hydrogens (tertiary/aromatic N) is 3. The van der Waals surface area contributed by atoms with E-state index in [0.717, 1.165) is 23.2 Å². The summed E-state index contributed by atoms with van der Waals surface area (Å²) in [6, 6.07) is 4.73. The van der Waals surface area contributed by atoms with Gasteiger partial charge in [0, 0.05) is 24.6 Å². The molecule has 0 atom stereocenters. The number of non-ortho nitro benzene ring substituents is 1. The summed E-state index contributed by atoms with van der Waals surface area (Å²) in [4.78, 5) is 27.0. The zero-order valence-electron chi connectivity index (χ0n) is 12.2. The molecule has 1 aromatic carbocycles. The fourth-order valence-electron chi connectivity index (χ4n) is 1.92. The third-order valence-electron chi connectivity index (χ3n) is 3.02. The monoisotopic (exact) mass is 307 g/mol. The fraction of sp³-hybridized carbons (Fsp3) is 0.429. The van der Waals surface area contributed by atoms with E-state index >= 15 is 0 Å². The Bertz CT molecular complexity index is 758. The molecule has 0 aliphatic rings. The molecule has 1 aromatic heterocycles. The van der Waals surface area contributed by atoms with Crippen molar-refractivity contribution < 1.29 is 9.72 Å². The first-order valence-electron chi connectivity index (χ1n) is 6.80. The lowest BCUT2D eigenvalue weighted by Gasteiger charge is -2.02. The van der Waals surface area contributed by atoms with Crippen LogP contribution in [-0.2, 0) is 11.3 Å². The second-order valence-electron chi connectivity index (χ2n) is 5.05. The second-order valence-corrected chi connectivity index (χ2v) is 6.06. The number of hydrogen-bond donors (Lipinski definition) is 0. The molecule has 0 unspecified atom stereocenters. The van der Waals surface area contributed by atoms with Gasteiger partial charge in [0.1, 0.15) is 0 Å². The Kier molecular flexibility index (Phi) is 4.52. The molecule has 0 bridgehead atoms. The highest BCUT2D eigenvalue weighted by Gasteiger charge is 2.13. The summed E-state index contributed by atoms with van der Waals surface area (Å²) in [7, 11) is 0. The molecule has 112 valence electrons. The standard InChI is InChI=1S/C14H17N3O3S/c1-4-7-16-11-6-5-10(17(19)20)8-12(11)21-14(16)15-13(18)9(2)3/h5-6,8-9H,4,7H2,1-3H3. The van der Waals surface area contributed by atoms with Gasteiger partial charge in [0.05, 0.1) is 15.1 Å². The topological polar surface area (TPSA) is 77.5 Å². The van der Waals surface area contributed by atoms with Crippen LogP contribution in [-0.4, -0.2) is 15.4 Å². The average Bonchev–Trinajstić information content (AvgIpc) is 2.76. The number of nitro groups is 1. The van der Waals surface area contributed by atoms with E-state index in [9.17, 15) is 14.9 Å². The van der Waals surface area contributed by atoms with E-state index in [2.05, 4.69) is 4.99 Å². The van der Waals surface area contributed by atoms with Crippen molar-refractivity contribution in [3.8, 4) is 0 Å². The lowest BCUT2D eigenvalue weighted by molar-refractivity contribution is -0.384. The van der Waals surface area contributed by atoms with Gasteiger partial charge in [-0.1, -0.05) is 32.1 Å². The molecule has 0 saturated heterocycles. The van der Waals surface area contributed by atoms with E-state index in [0.29, 0.717) is 4.80 Å². The maximum atomic E-state index is 11.8. The van der Waals surface area contributed by atoms with Crippen molar-refractivity contribution in [1.82, 2.24) is 4.57 Å². The van der Waals surface area contributed by atoms with E-state index < -0.39 is 4.92 Å². The Balaban J connectivity index is 2.67. The second kappa shape index (κ2) is 6.17. The first-order valence-corrected chi connectivity index (χ1v) is 7.62.